The number of nitrogens with two attached hydrogens (primary N) is 1. The van der Waals surface area contributed by atoms with Crippen LogP contribution in [0.15, 0.2) is 12.4 Å². The van der Waals surface area contributed by atoms with Crippen LogP contribution >= 0.6 is 0 Å². The van der Waals surface area contributed by atoms with Gasteiger partial charge in [0.1, 0.15) is 5.82 Å². The minimum Gasteiger partial charge on any atom is -0.381 e. The van der Waals surface area contributed by atoms with Crippen molar-refractivity contribution in [2.45, 2.75) is 45.3 Å². The van der Waals surface area contributed by atoms with Gasteiger partial charge in [-0.2, -0.15) is 0 Å². The second kappa shape index (κ2) is 8.29. The van der Waals surface area contributed by atoms with E-state index in [-0.39, 0.29) is 11.8 Å². The number of amides is 1. The zero-order valence-corrected chi connectivity index (χ0v) is 15.4. The molecule has 2 aliphatic heterocycles. The minimum atomic E-state index is -0.198. The van der Waals surface area contributed by atoms with Crippen LogP contribution in [-0.4, -0.2) is 70.7 Å². The molecule has 25 heavy (non-hydrogen) atoms. The summed E-state index contributed by atoms with van der Waals surface area (Å²) in [5.74, 6) is 0.724. The molecule has 3 heterocycles. The number of carbonyl (C=O) groups excluding carboxylic acids is 1. The normalized spacial score (nSPS) is 24.5. The van der Waals surface area contributed by atoms with E-state index >= 15 is 0 Å². The number of aromatic nitrogens is 2. The summed E-state index contributed by atoms with van der Waals surface area (Å²) in [6, 6.07) is 0.892. The molecule has 2 saturated heterocycles. The monoisotopic (exact) mass is 349 g/mol. The summed E-state index contributed by atoms with van der Waals surface area (Å²) in [6.07, 6.45) is 5.97. The molecule has 7 heteroatoms. The van der Waals surface area contributed by atoms with Crippen LogP contribution in [0.3, 0.4) is 0 Å². The number of rotatable bonds is 5. The Morgan fingerprint density at radius 3 is 2.76 bits per heavy atom. The van der Waals surface area contributed by atoms with Crippen molar-refractivity contribution >= 4 is 5.91 Å². The summed E-state index contributed by atoms with van der Waals surface area (Å²) in [5.41, 5.74) is 5.70. The smallest absolute Gasteiger partial charge is 0.223 e. The van der Waals surface area contributed by atoms with E-state index in [1.807, 2.05) is 12.4 Å². The highest BCUT2D eigenvalue weighted by molar-refractivity contribution is 5.77. The number of imidazole rings is 1. The van der Waals surface area contributed by atoms with Crippen LogP contribution in [0.25, 0.3) is 0 Å². The third-order valence-corrected chi connectivity index (χ3v) is 5.42. The van der Waals surface area contributed by atoms with Gasteiger partial charge in [0.25, 0.3) is 0 Å². The van der Waals surface area contributed by atoms with Gasteiger partial charge in [-0.15, -0.1) is 0 Å². The zero-order chi connectivity index (χ0) is 17.8. The van der Waals surface area contributed by atoms with Gasteiger partial charge in [0, 0.05) is 63.9 Å². The quantitative estimate of drug-likeness (QED) is 0.853. The maximum absolute atomic E-state index is 12.0. The minimum absolute atomic E-state index is 0.132. The molecule has 0 spiro atoms. The molecular weight excluding hydrogens is 318 g/mol. The Hall–Kier alpha value is -1.44. The summed E-state index contributed by atoms with van der Waals surface area (Å²) in [7, 11) is 0. The van der Waals surface area contributed by atoms with Crippen LogP contribution < -0.4 is 5.73 Å². The van der Waals surface area contributed by atoms with Crippen molar-refractivity contribution in [2.24, 2.45) is 11.7 Å². The Labute approximate surface area is 150 Å². The molecular formula is C18H31N5O2. The summed E-state index contributed by atoms with van der Waals surface area (Å²) < 4.78 is 7.68. The van der Waals surface area contributed by atoms with Gasteiger partial charge in [0.05, 0.1) is 12.5 Å². The van der Waals surface area contributed by atoms with Crippen molar-refractivity contribution in [1.29, 1.82) is 0 Å². The SMILES string of the molecule is CC(C)n1ccnc1CN1CCN(C2CCOCC2)C[C@H](C(N)=O)C1. The second-order valence-electron chi connectivity index (χ2n) is 7.52. The van der Waals surface area contributed by atoms with E-state index in [1.54, 1.807) is 0 Å². The number of nitrogens with zero attached hydrogens (tertiary/aromatic N) is 4. The van der Waals surface area contributed by atoms with Crippen LogP contribution in [0.4, 0.5) is 0 Å². The average molecular weight is 349 g/mol. The lowest BCUT2D eigenvalue weighted by molar-refractivity contribution is -0.122. The topological polar surface area (TPSA) is 76.6 Å². The van der Waals surface area contributed by atoms with E-state index in [2.05, 4.69) is 33.2 Å². The Morgan fingerprint density at radius 2 is 2.08 bits per heavy atom. The Morgan fingerprint density at radius 1 is 1.32 bits per heavy atom. The molecule has 140 valence electrons. The molecule has 0 saturated carbocycles. The van der Waals surface area contributed by atoms with Gasteiger partial charge in [-0.25, -0.2) is 4.98 Å². The standard InChI is InChI=1S/C18H31N5O2/c1-14(2)23-6-5-20-17(23)13-21-7-8-22(12-15(11-21)18(19)24)16-3-9-25-10-4-16/h5-6,14-16H,3-4,7-13H2,1-2H3,(H2,19,24)/t15-/m1/s1. The van der Waals surface area contributed by atoms with Gasteiger partial charge < -0.3 is 15.0 Å². The van der Waals surface area contributed by atoms with Crippen molar-refractivity contribution in [3.63, 3.8) is 0 Å². The second-order valence-corrected chi connectivity index (χ2v) is 7.52. The number of primary amides is 1. The van der Waals surface area contributed by atoms with Crippen molar-refractivity contribution < 1.29 is 9.53 Å². The van der Waals surface area contributed by atoms with Gasteiger partial charge in [0.15, 0.2) is 0 Å². The molecule has 1 atom stereocenters. The first-order chi connectivity index (χ1) is 12.0. The third-order valence-electron chi connectivity index (χ3n) is 5.42. The van der Waals surface area contributed by atoms with Crippen LogP contribution in [0, 0.1) is 5.92 Å². The van der Waals surface area contributed by atoms with Crippen LogP contribution in [0.1, 0.15) is 38.6 Å². The molecule has 1 aromatic heterocycles. The first kappa shape index (κ1) is 18.4. The number of carbonyl (C=O) groups is 1. The zero-order valence-electron chi connectivity index (χ0n) is 15.4. The summed E-state index contributed by atoms with van der Waals surface area (Å²) in [4.78, 5) is 21.3. The third kappa shape index (κ3) is 4.59. The Kier molecular flexibility index (Phi) is 6.09. The van der Waals surface area contributed by atoms with E-state index < -0.39 is 0 Å². The van der Waals surface area contributed by atoms with Gasteiger partial charge >= 0.3 is 0 Å². The molecule has 2 fully saturated rings. The fraction of sp³-hybridized carbons (Fsp3) is 0.778. The van der Waals surface area contributed by atoms with Crippen LogP contribution in [0.5, 0.6) is 0 Å². The summed E-state index contributed by atoms with van der Waals surface area (Å²) in [6.45, 7) is 10.1. The van der Waals surface area contributed by atoms with Crippen LogP contribution in [0.2, 0.25) is 0 Å². The van der Waals surface area contributed by atoms with E-state index in [0.717, 1.165) is 58.1 Å². The first-order valence-corrected chi connectivity index (χ1v) is 9.39. The fourth-order valence-electron chi connectivity index (χ4n) is 3.95. The van der Waals surface area contributed by atoms with Gasteiger partial charge in [0.2, 0.25) is 5.91 Å². The largest absolute Gasteiger partial charge is 0.381 e. The fourth-order valence-corrected chi connectivity index (χ4v) is 3.95. The predicted molar refractivity (Wildman–Crippen MR) is 96.0 cm³/mol. The highest BCUT2D eigenvalue weighted by Crippen LogP contribution is 2.20. The lowest BCUT2D eigenvalue weighted by Crippen LogP contribution is -2.44. The van der Waals surface area contributed by atoms with E-state index in [4.69, 9.17) is 10.5 Å². The number of hydrogen-bond acceptors (Lipinski definition) is 5. The van der Waals surface area contributed by atoms with Crippen molar-refractivity contribution in [2.75, 3.05) is 39.4 Å². The number of hydrogen-bond donors (Lipinski definition) is 1. The van der Waals surface area contributed by atoms with E-state index in [0.29, 0.717) is 18.6 Å². The van der Waals surface area contributed by atoms with Gasteiger partial charge in [-0.3, -0.25) is 14.6 Å². The van der Waals surface area contributed by atoms with Crippen molar-refractivity contribution in [1.82, 2.24) is 19.4 Å². The molecule has 0 radical (unpaired) electrons. The molecule has 3 rings (SSSR count). The molecule has 0 unspecified atom stereocenters. The van der Waals surface area contributed by atoms with E-state index in [1.165, 1.54) is 0 Å². The lowest BCUT2D eigenvalue weighted by atomic mass is 10.0. The summed E-state index contributed by atoms with van der Waals surface area (Å²) >= 11 is 0. The molecule has 0 bridgehead atoms. The average Bonchev–Trinajstić information content (AvgIpc) is 2.95. The molecule has 1 amide bonds. The molecule has 2 aliphatic rings. The van der Waals surface area contributed by atoms with Crippen LogP contribution in [-0.2, 0) is 16.1 Å². The molecule has 7 nitrogen and oxygen atoms in total. The van der Waals surface area contributed by atoms with Crippen molar-refractivity contribution in [3.05, 3.63) is 18.2 Å². The summed E-state index contributed by atoms with van der Waals surface area (Å²) in [5, 5.41) is 0. The predicted octanol–water partition coefficient (Wildman–Crippen LogP) is 0.862. The molecule has 1 aromatic rings. The first-order valence-electron chi connectivity index (χ1n) is 9.39. The molecule has 0 aliphatic carbocycles. The van der Waals surface area contributed by atoms with Gasteiger partial charge in [-0.1, -0.05) is 0 Å². The Bertz CT molecular complexity index is 568. The maximum atomic E-state index is 12.0. The molecule has 0 aromatic carbocycles. The highest BCUT2D eigenvalue weighted by atomic mass is 16.5. The maximum Gasteiger partial charge on any atom is 0.223 e. The van der Waals surface area contributed by atoms with Crippen molar-refractivity contribution in [3.8, 4) is 0 Å². The van der Waals surface area contributed by atoms with Gasteiger partial charge in [-0.05, 0) is 26.7 Å². The van der Waals surface area contributed by atoms with E-state index in [9.17, 15) is 4.79 Å². The lowest BCUT2D eigenvalue weighted by Gasteiger charge is -2.34. The number of ether oxygens (including phenoxy) is 1. The molecule has 2 N–H and O–H groups in total. The Balaban J connectivity index is 1.69. The highest BCUT2D eigenvalue weighted by Gasteiger charge is 2.31.